The molecule has 0 aliphatic carbocycles. The number of ether oxygens (including phenoxy) is 2. The molecule has 34 heavy (non-hydrogen) atoms. The van der Waals surface area contributed by atoms with Gasteiger partial charge in [-0.3, -0.25) is 9.52 Å². The number of anilines is 1. The number of Topliss-reactive ketones (excluding diaryl/α,β-unsaturated/α-hetero) is 1. The van der Waals surface area contributed by atoms with Crippen molar-refractivity contribution in [3.63, 3.8) is 0 Å². The Hall–Kier alpha value is -3.56. The average molecular weight is 495 g/mol. The maximum absolute atomic E-state index is 13.3. The third-order valence-electron chi connectivity index (χ3n) is 5.91. The molecular weight excluding hydrogens is 472 g/mol. The summed E-state index contributed by atoms with van der Waals surface area (Å²) in [6.07, 6.45) is 2.20. The highest BCUT2D eigenvalue weighted by molar-refractivity contribution is 7.94. The molecule has 1 unspecified atom stereocenters. The second-order valence-corrected chi connectivity index (χ2v) is 10.7. The summed E-state index contributed by atoms with van der Waals surface area (Å²) < 4.78 is 40.8. The van der Waals surface area contributed by atoms with Crippen molar-refractivity contribution in [2.45, 2.75) is 16.5 Å². The molecule has 9 heteroatoms. The fourth-order valence-electron chi connectivity index (χ4n) is 4.28. The fraction of sp³-hybridized carbons (Fsp3) is 0.160. The molecule has 1 N–H and O–H groups in total. The monoisotopic (exact) mass is 494 g/mol. The number of thiophene rings is 1. The van der Waals surface area contributed by atoms with Crippen LogP contribution in [0.5, 0.6) is 11.5 Å². The molecule has 0 saturated carbocycles. The van der Waals surface area contributed by atoms with Gasteiger partial charge in [-0.15, -0.1) is 11.3 Å². The summed E-state index contributed by atoms with van der Waals surface area (Å²) in [6.45, 7) is 0. The van der Waals surface area contributed by atoms with E-state index in [4.69, 9.17) is 9.47 Å². The highest BCUT2D eigenvalue weighted by atomic mass is 32.2. The number of nitrogens with one attached hydrogen (secondary N) is 1. The van der Waals surface area contributed by atoms with Gasteiger partial charge >= 0.3 is 0 Å². The lowest BCUT2D eigenvalue weighted by atomic mass is 9.90. The molecule has 0 radical (unpaired) electrons. The van der Waals surface area contributed by atoms with Gasteiger partial charge in [0.1, 0.15) is 4.21 Å². The highest BCUT2D eigenvalue weighted by Gasteiger charge is 2.30. The van der Waals surface area contributed by atoms with E-state index in [9.17, 15) is 13.2 Å². The number of methoxy groups -OCH3 is 2. The normalized spacial score (nSPS) is 15.2. The molecule has 0 fully saturated rings. The molecule has 0 bridgehead atoms. The zero-order valence-electron chi connectivity index (χ0n) is 18.5. The third-order valence-corrected chi connectivity index (χ3v) is 8.69. The van der Waals surface area contributed by atoms with Crippen molar-refractivity contribution in [1.82, 2.24) is 4.57 Å². The van der Waals surface area contributed by atoms with Crippen LogP contribution in [0.1, 0.15) is 34.0 Å². The van der Waals surface area contributed by atoms with Gasteiger partial charge in [-0.25, -0.2) is 8.42 Å². The van der Waals surface area contributed by atoms with E-state index in [-0.39, 0.29) is 22.3 Å². The number of benzene rings is 2. The van der Waals surface area contributed by atoms with E-state index in [1.54, 1.807) is 49.9 Å². The van der Waals surface area contributed by atoms with Crippen LogP contribution in [0.15, 0.2) is 76.4 Å². The molecule has 0 spiro atoms. The standard InChI is InChI=1S/C25H22N2O5S2/c1-31-23-14-19-21(15-24(23)32-2)27-11-3-5-20(27)18(13-22(19)28)16-7-9-17(10-8-16)26-34(29,30)25-6-4-12-33-25/h3-12,14-15,18,26H,13H2,1-2H3. The number of rotatable bonds is 6. The zero-order chi connectivity index (χ0) is 23.9. The van der Waals surface area contributed by atoms with Crippen LogP contribution in [0.4, 0.5) is 5.69 Å². The topological polar surface area (TPSA) is 86.6 Å². The number of sulfonamides is 1. The van der Waals surface area contributed by atoms with Crippen LogP contribution in [-0.2, 0) is 10.0 Å². The van der Waals surface area contributed by atoms with E-state index in [0.717, 1.165) is 28.3 Å². The van der Waals surface area contributed by atoms with Gasteiger partial charge in [0.2, 0.25) is 0 Å². The van der Waals surface area contributed by atoms with Gasteiger partial charge in [0.05, 0.1) is 19.9 Å². The molecule has 3 heterocycles. The predicted molar refractivity (Wildman–Crippen MR) is 131 cm³/mol. The Kier molecular flexibility index (Phi) is 5.66. The fourth-order valence-corrected chi connectivity index (χ4v) is 6.33. The van der Waals surface area contributed by atoms with Gasteiger partial charge in [0, 0.05) is 41.5 Å². The van der Waals surface area contributed by atoms with Crippen molar-refractivity contribution >= 4 is 32.8 Å². The van der Waals surface area contributed by atoms with Crippen LogP contribution < -0.4 is 14.2 Å². The van der Waals surface area contributed by atoms with Gasteiger partial charge in [0.15, 0.2) is 17.3 Å². The summed E-state index contributed by atoms with van der Waals surface area (Å²) in [4.78, 5) is 13.3. The minimum atomic E-state index is -3.63. The van der Waals surface area contributed by atoms with E-state index in [1.807, 2.05) is 41.1 Å². The molecule has 4 aromatic rings. The molecule has 1 atom stereocenters. The molecule has 2 aromatic heterocycles. The molecule has 1 aliphatic rings. The average Bonchev–Trinajstić information content (AvgIpc) is 3.53. The van der Waals surface area contributed by atoms with Crippen molar-refractivity contribution in [2.75, 3.05) is 18.9 Å². The first-order valence-electron chi connectivity index (χ1n) is 10.5. The molecule has 5 rings (SSSR count). The first kappa shape index (κ1) is 22.2. The van der Waals surface area contributed by atoms with Crippen molar-refractivity contribution < 1.29 is 22.7 Å². The SMILES string of the molecule is COc1cc2c(cc1OC)-n1cccc1C(c1ccc(NS(=O)(=O)c3cccs3)cc1)CC2=O. The first-order valence-corrected chi connectivity index (χ1v) is 12.9. The molecule has 7 nitrogen and oxygen atoms in total. The maximum Gasteiger partial charge on any atom is 0.271 e. The minimum absolute atomic E-state index is 0.00729. The Morgan fingerprint density at radius 1 is 1.00 bits per heavy atom. The molecule has 0 saturated heterocycles. The van der Waals surface area contributed by atoms with E-state index in [1.165, 1.54) is 0 Å². The lowest BCUT2D eigenvalue weighted by molar-refractivity contribution is 0.0979. The molecular formula is C25H22N2O5S2. The first-order chi connectivity index (χ1) is 16.4. The Bertz CT molecular complexity index is 1460. The number of nitrogens with zero attached hydrogens (tertiary/aromatic N) is 1. The second-order valence-electron chi connectivity index (χ2n) is 7.87. The number of carbonyl (C=O) groups is 1. The Labute approximate surface area is 201 Å². The van der Waals surface area contributed by atoms with E-state index in [0.29, 0.717) is 22.7 Å². The number of aromatic nitrogens is 1. The molecule has 174 valence electrons. The summed E-state index contributed by atoms with van der Waals surface area (Å²) >= 11 is 1.16. The highest BCUT2D eigenvalue weighted by Crippen LogP contribution is 2.40. The van der Waals surface area contributed by atoms with Crippen molar-refractivity contribution in [3.8, 4) is 17.2 Å². The van der Waals surface area contributed by atoms with Gasteiger partial charge in [-0.05, 0) is 47.3 Å². The molecule has 1 aliphatic heterocycles. The van der Waals surface area contributed by atoms with Crippen molar-refractivity contribution in [3.05, 3.63) is 89.1 Å². The third kappa shape index (κ3) is 3.86. The number of carbonyl (C=O) groups excluding carboxylic acids is 1. The number of hydrogen-bond donors (Lipinski definition) is 1. The Balaban J connectivity index is 1.50. The quantitative estimate of drug-likeness (QED) is 0.404. The summed E-state index contributed by atoms with van der Waals surface area (Å²) in [6, 6.07) is 17.9. The largest absolute Gasteiger partial charge is 0.493 e. The van der Waals surface area contributed by atoms with Gasteiger partial charge in [-0.1, -0.05) is 18.2 Å². The van der Waals surface area contributed by atoms with Crippen LogP contribution in [0, 0.1) is 0 Å². The van der Waals surface area contributed by atoms with Gasteiger partial charge < -0.3 is 14.0 Å². The van der Waals surface area contributed by atoms with E-state index < -0.39 is 10.0 Å². The lowest BCUT2D eigenvalue weighted by Gasteiger charge is -2.17. The summed E-state index contributed by atoms with van der Waals surface area (Å²) in [7, 11) is -0.514. The van der Waals surface area contributed by atoms with E-state index in [2.05, 4.69) is 4.72 Å². The number of ketones is 1. The number of hydrogen-bond acceptors (Lipinski definition) is 6. The molecule has 2 aromatic carbocycles. The van der Waals surface area contributed by atoms with Gasteiger partial charge in [0.25, 0.3) is 10.0 Å². The van der Waals surface area contributed by atoms with E-state index >= 15 is 0 Å². The zero-order valence-corrected chi connectivity index (χ0v) is 20.2. The summed E-state index contributed by atoms with van der Waals surface area (Å²) in [5.41, 5.74) is 3.65. The summed E-state index contributed by atoms with van der Waals surface area (Å²) in [5, 5.41) is 1.72. The Morgan fingerprint density at radius 3 is 2.41 bits per heavy atom. The second kappa shape index (κ2) is 8.66. The van der Waals surface area contributed by atoms with Crippen LogP contribution in [0.2, 0.25) is 0 Å². The van der Waals surface area contributed by atoms with Crippen molar-refractivity contribution in [2.24, 2.45) is 0 Å². The van der Waals surface area contributed by atoms with Crippen molar-refractivity contribution in [1.29, 1.82) is 0 Å². The lowest BCUT2D eigenvalue weighted by Crippen LogP contribution is -2.12. The van der Waals surface area contributed by atoms with Crippen LogP contribution in [0.3, 0.4) is 0 Å². The maximum atomic E-state index is 13.3. The van der Waals surface area contributed by atoms with Crippen LogP contribution in [0.25, 0.3) is 5.69 Å². The van der Waals surface area contributed by atoms with Crippen LogP contribution >= 0.6 is 11.3 Å². The molecule has 0 amide bonds. The van der Waals surface area contributed by atoms with Crippen LogP contribution in [-0.4, -0.2) is 33.0 Å². The Morgan fingerprint density at radius 2 is 1.74 bits per heavy atom. The number of fused-ring (bicyclic) bond motifs is 3. The smallest absolute Gasteiger partial charge is 0.271 e. The minimum Gasteiger partial charge on any atom is -0.493 e. The predicted octanol–water partition coefficient (Wildman–Crippen LogP) is 5.08. The summed E-state index contributed by atoms with van der Waals surface area (Å²) in [5.74, 6) is 0.848. The van der Waals surface area contributed by atoms with Gasteiger partial charge in [-0.2, -0.15) is 0 Å².